The largest absolute Gasteiger partial charge is 0.393 e. The lowest BCUT2D eigenvalue weighted by molar-refractivity contribution is -0.111. The van der Waals surface area contributed by atoms with E-state index in [0.29, 0.717) is 5.92 Å². The Balaban J connectivity index is 2.26. The second-order valence-corrected chi connectivity index (χ2v) is 4.04. The quantitative estimate of drug-likeness (QED) is 0.655. The Morgan fingerprint density at radius 1 is 1.58 bits per heavy atom. The lowest BCUT2D eigenvalue weighted by Crippen LogP contribution is -2.21. The van der Waals surface area contributed by atoms with Crippen LogP contribution < -0.4 is 0 Å². The summed E-state index contributed by atoms with van der Waals surface area (Å²) in [5.74, 6) is 0.745. The normalized spacial score (nSPS) is 32.8. The van der Waals surface area contributed by atoms with Gasteiger partial charge in [0.1, 0.15) is 6.29 Å². The van der Waals surface area contributed by atoms with E-state index >= 15 is 0 Å². The maximum Gasteiger partial charge on any atom is 0.122 e. The Kier molecular flexibility index (Phi) is 3.73. The molecule has 3 atom stereocenters. The van der Waals surface area contributed by atoms with Crippen LogP contribution in [0.3, 0.4) is 0 Å². The minimum Gasteiger partial charge on any atom is -0.393 e. The SMILES string of the molecule is C[C@@H](C=O)CC1CCCC(O)C1. The van der Waals surface area contributed by atoms with Gasteiger partial charge in [-0.25, -0.2) is 0 Å². The van der Waals surface area contributed by atoms with Crippen LogP contribution in [0, 0.1) is 11.8 Å². The van der Waals surface area contributed by atoms with Gasteiger partial charge in [-0.1, -0.05) is 19.8 Å². The molecule has 0 amide bonds. The first-order chi connectivity index (χ1) is 5.72. The van der Waals surface area contributed by atoms with Gasteiger partial charge in [-0.05, 0) is 25.2 Å². The third-order valence-electron chi connectivity index (χ3n) is 2.69. The summed E-state index contributed by atoms with van der Waals surface area (Å²) in [5.41, 5.74) is 0. The van der Waals surface area contributed by atoms with E-state index in [1.807, 2.05) is 6.92 Å². The molecule has 0 saturated heterocycles. The topological polar surface area (TPSA) is 37.3 Å². The van der Waals surface area contributed by atoms with Gasteiger partial charge in [0.05, 0.1) is 6.10 Å². The van der Waals surface area contributed by atoms with Gasteiger partial charge in [-0.3, -0.25) is 0 Å². The molecular weight excluding hydrogens is 152 g/mol. The second kappa shape index (κ2) is 4.61. The molecule has 1 aliphatic carbocycles. The van der Waals surface area contributed by atoms with Crippen LogP contribution in [0.2, 0.25) is 0 Å². The van der Waals surface area contributed by atoms with Crippen LogP contribution >= 0.6 is 0 Å². The number of rotatable bonds is 3. The zero-order chi connectivity index (χ0) is 8.97. The van der Waals surface area contributed by atoms with Crippen LogP contribution in [0.4, 0.5) is 0 Å². The molecule has 0 aliphatic heterocycles. The van der Waals surface area contributed by atoms with E-state index in [0.717, 1.165) is 32.0 Å². The van der Waals surface area contributed by atoms with Crippen molar-refractivity contribution in [1.82, 2.24) is 0 Å². The minimum absolute atomic E-state index is 0.109. The summed E-state index contributed by atoms with van der Waals surface area (Å²) >= 11 is 0. The van der Waals surface area contributed by atoms with Gasteiger partial charge >= 0.3 is 0 Å². The summed E-state index contributed by atoms with van der Waals surface area (Å²) in [6.07, 6.45) is 6.03. The number of aliphatic hydroxyl groups excluding tert-OH is 1. The van der Waals surface area contributed by atoms with Crippen molar-refractivity contribution in [3.05, 3.63) is 0 Å². The highest BCUT2D eigenvalue weighted by molar-refractivity contribution is 5.52. The molecule has 1 aliphatic rings. The third kappa shape index (κ3) is 2.94. The van der Waals surface area contributed by atoms with E-state index < -0.39 is 0 Å². The van der Waals surface area contributed by atoms with Crippen molar-refractivity contribution >= 4 is 6.29 Å². The monoisotopic (exact) mass is 170 g/mol. The van der Waals surface area contributed by atoms with E-state index in [1.165, 1.54) is 6.42 Å². The molecule has 12 heavy (non-hydrogen) atoms. The van der Waals surface area contributed by atoms with Gasteiger partial charge < -0.3 is 9.90 Å². The molecule has 1 saturated carbocycles. The summed E-state index contributed by atoms with van der Waals surface area (Å²) in [4.78, 5) is 10.4. The summed E-state index contributed by atoms with van der Waals surface area (Å²) in [5, 5.41) is 9.38. The van der Waals surface area contributed by atoms with Crippen molar-refractivity contribution in [3.8, 4) is 0 Å². The second-order valence-electron chi connectivity index (χ2n) is 4.04. The molecule has 70 valence electrons. The Morgan fingerprint density at radius 3 is 2.92 bits per heavy atom. The standard InChI is InChI=1S/C10H18O2/c1-8(7-11)5-9-3-2-4-10(12)6-9/h7-10,12H,2-6H2,1H3/t8-,9?,10?/m1/s1. The predicted octanol–water partition coefficient (Wildman–Crippen LogP) is 1.76. The van der Waals surface area contributed by atoms with Crippen LogP contribution in [0.15, 0.2) is 0 Å². The number of carbonyl (C=O) groups excluding carboxylic acids is 1. The molecule has 1 fully saturated rings. The zero-order valence-electron chi connectivity index (χ0n) is 7.70. The summed E-state index contributed by atoms with van der Waals surface area (Å²) in [6, 6.07) is 0. The molecule has 1 rings (SSSR count). The highest BCUT2D eigenvalue weighted by Crippen LogP contribution is 2.28. The first-order valence-corrected chi connectivity index (χ1v) is 4.85. The van der Waals surface area contributed by atoms with Gasteiger partial charge in [0.15, 0.2) is 0 Å². The Hall–Kier alpha value is -0.370. The summed E-state index contributed by atoms with van der Waals surface area (Å²) < 4.78 is 0. The van der Waals surface area contributed by atoms with E-state index in [1.54, 1.807) is 0 Å². The molecule has 0 heterocycles. The average molecular weight is 170 g/mol. The van der Waals surface area contributed by atoms with Gasteiger partial charge in [0.25, 0.3) is 0 Å². The van der Waals surface area contributed by atoms with Crippen molar-refractivity contribution in [2.45, 2.75) is 45.1 Å². The van der Waals surface area contributed by atoms with E-state index in [2.05, 4.69) is 0 Å². The van der Waals surface area contributed by atoms with E-state index in [-0.39, 0.29) is 12.0 Å². The van der Waals surface area contributed by atoms with Gasteiger partial charge in [-0.2, -0.15) is 0 Å². The molecular formula is C10H18O2. The molecule has 0 spiro atoms. The molecule has 0 aromatic heterocycles. The summed E-state index contributed by atoms with van der Waals surface area (Å²) in [6.45, 7) is 1.95. The number of hydrogen-bond acceptors (Lipinski definition) is 2. The first kappa shape index (κ1) is 9.72. The van der Waals surface area contributed by atoms with Gasteiger partial charge in [0, 0.05) is 5.92 Å². The molecule has 0 bridgehead atoms. The minimum atomic E-state index is -0.109. The highest BCUT2D eigenvalue weighted by Gasteiger charge is 2.21. The highest BCUT2D eigenvalue weighted by atomic mass is 16.3. The Labute approximate surface area is 74.0 Å². The summed E-state index contributed by atoms with van der Waals surface area (Å²) in [7, 11) is 0. The maximum absolute atomic E-state index is 10.4. The smallest absolute Gasteiger partial charge is 0.122 e. The molecule has 0 aromatic carbocycles. The molecule has 0 radical (unpaired) electrons. The van der Waals surface area contributed by atoms with Crippen LogP contribution in [0.25, 0.3) is 0 Å². The number of carbonyl (C=O) groups is 1. The average Bonchev–Trinajstić information content (AvgIpc) is 2.04. The van der Waals surface area contributed by atoms with Crippen molar-refractivity contribution in [1.29, 1.82) is 0 Å². The molecule has 2 unspecified atom stereocenters. The lowest BCUT2D eigenvalue weighted by atomic mass is 9.82. The molecule has 2 heteroatoms. The van der Waals surface area contributed by atoms with Crippen molar-refractivity contribution < 1.29 is 9.90 Å². The van der Waals surface area contributed by atoms with Crippen molar-refractivity contribution in [2.24, 2.45) is 11.8 Å². The molecule has 0 aromatic rings. The predicted molar refractivity (Wildman–Crippen MR) is 47.8 cm³/mol. The van der Waals surface area contributed by atoms with Crippen molar-refractivity contribution in [3.63, 3.8) is 0 Å². The fourth-order valence-corrected chi connectivity index (χ4v) is 2.06. The van der Waals surface area contributed by atoms with Crippen LogP contribution in [-0.2, 0) is 4.79 Å². The van der Waals surface area contributed by atoms with E-state index in [4.69, 9.17) is 0 Å². The molecule has 2 nitrogen and oxygen atoms in total. The van der Waals surface area contributed by atoms with Crippen LogP contribution in [0.1, 0.15) is 39.0 Å². The third-order valence-corrected chi connectivity index (χ3v) is 2.69. The fraction of sp³-hybridized carbons (Fsp3) is 0.900. The Morgan fingerprint density at radius 2 is 2.33 bits per heavy atom. The number of aldehydes is 1. The van der Waals surface area contributed by atoms with Crippen LogP contribution in [0.5, 0.6) is 0 Å². The Bertz CT molecular complexity index is 145. The zero-order valence-corrected chi connectivity index (χ0v) is 7.70. The maximum atomic E-state index is 10.4. The fourth-order valence-electron chi connectivity index (χ4n) is 2.06. The number of hydrogen-bond donors (Lipinski definition) is 1. The van der Waals surface area contributed by atoms with Crippen LogP contribution in [-0.4, -0.2) is 17.5 Å². The van der Waals surface area contributed by atoms with Gasteiger partial charge in [-0.15, -0.1) is 0 Å². The number of aliphatic hydroxyl groups is 1. The molecule has 1 N–H and O–H groups in total. The van der Waals surface area contributed by atoms with Crippen molar-refractivity contribution in [2.75, 3.05) is 0 Å². The first-order valence-electron chi connectivity index (χ1n) is 4.85. The van der Waals surface area contributed by atoms with Gasteiger partial charge in [0.2, 0.25) is 0 Å². The van der Waals surface area contributed by atoms with E-state index in [9.17, 15) is 9.90 Å². The lowest BCUT2D eigenvalue weighted by Gasteiger charge is -2.26.